The summed E-state index contributed by atoms with van der Waals surface area (Å²) in [5.74, 6) is 1.15. The van der Waals surface area contributed by atoms with E-state index in [1.54, 1.807) is 0 Å². The van der Waals surface area contributed by atoms with E-state index in [1.807, 2.05) is 11.8 Å². The molecule has 0 amide bonds. The first-order chi connectivity index (χ1) is 2.89. The number of nitrogens with one attached hydrogen (secondary N) is 1. The minimum atomic E-state index is 0.852. The fourth-order valence-corrected chi connectivity index (χ4v) is 1.28. The molecule has 0 radical (unpaired) electrons. The molecule has 0 unspecified atom stereocenters. The lowest BCUT2D eigenvalue weighted by Gasteiger charge is -1.89. The molecule has 1 heterocycles. The third-order valence-corrected chi connectivity index (χ3v) is 2.01. The van der Waals surface area contributed by atoms with E-state index in [4.69, 9.17) is 0 Å². The van der Waals surface area contributed by atoms with Crippen LogP contribution in [-0.2, 0) is 0 Å². The van der Waals surface area contributed by atoms with Gasteiger partial charge in [0.15, 0.2) is 0 Å². The van der Waals surface area contributed by atoms with Crippen molar-refractivity contribution in [3.63, 3.8) is 0 Å². The summed E-state index contributed by atoms with van der Waals surface area (Å²) in [6.07, 6.45) is 0. The van der Waals surface area contributed by atoms with Crippen molar-refractivity contribution in [3.8, 4) is 0 Å². The van der Waals surface area contributed by atoms with E-state index >= 15 is 0 Å². The van der Waals surface area contributed by atoms with Crippen molar-refractivity contribution >= 4 is 11.8 Å². The molecule has 1 N–H and O–H groups in total. The van der Waals surface area contributed by atoms with Crippen LogP contribution < -0.4 is 5.32 Å². The largest absolute Gasteiger partial charge is 0.307 e. The molecule has 1 atom stereocenters. The van der Waals surface area contributed by atoms with Crippen LogP contribution in [0.3, 0.4) is 0 Å². The first-order valence-corrected chi connectivity index (χ1v) is 3.27. The van der Waals surface area contributed by atoms with E-state index in [1.165, 1.54) is 6.54 Å². The van der Waals surface area contributed by atoms with Gasteiger partial charge in [-0.1, -0.05) is 6.92 Å². The highest BCUT2D eigenvalue weighted by Gasteiger charge is 2.06. The molecule has 0 bridgehead atoms. The van der Waals surface area contributed by atoms with Crippen molar-refractivity contribution in [1.29, 1.82) is 0 Å². The molecule has 0 saturated carbocycles. The van der Waals surface area contributed by atoms with Gasteiger partial charge in [-0.25, -0.2) is 0 Å². The smallest absolute Gasteiger partial charge is 0.0421 e. The SMILES string of the molecule is C[C@H]1CNCS1. The van der Waals surface area contributed by atoms with Gasteiger partial charge >= 0.3 is 0 Å². The monoisotopic (exact) mass is 103 g/mol. The minimum Gasteiger partial charge on any atom is -0.307 e. The van der Waals surface area contributed by atoms with Crippen LogP contribution in [0.2, 0.25) is 0 Å². The molecule has 2 heteroatoms. The lowest BCUT2D eigenvalue weighted by Crippen LogP contribution is -2.09. The molecule has 1 rings (SSSR count). The Kier molecular flexibility index (Phi) is 1.37. The van der Waals surface area contributed by atoms with Gasteiger partial charge in [-0.2, -0.15) is 0 Å². The van der Waals surface area contributed by atoms with E-state index in [2.05, 4.69) is 12.2 Å². The Hall–Kier alpha value is 0.310. The normalized spacial score (nSPS) is 34.5. The van der Waals surface area contributed by atoms with E-state index in [0.29, 0.717) is 0 Å². The summed E-state index contributed by atoms with van der Waals surface area (Å²) >= 11 is 1.99. The Balaban J connectivity index is 2.18. The van der Waals surface area contributed by atoms with Crippen molar-refractivity contribution in [1.82, 2.24) is 5.32 Å². The number of thioether (sulfide) groups is 1. The molecule has 1 nitrogen and oxygen atoms in total. The number of hydrogen-bond acceptors (Lipinski definition) is 2. The van der Waals surface area contributed by atoms with Crippen molar-refractivity contribution in [2.24, 2.45) is 0 Å². The molecule has 1 saturated heterocycles. The molecular formula is C4H9NS. The third-order valence-electron chi connectivity index (χ3n) is 0.902. The third kappa shape index (κ3) is 0.884. The van der Waals surface area contributed by atoms with Crippen molar-refractivity contribution in [3.05, 3.63) is 0 Å². The zero-order valence-electron chi connectivity index (χ0n) is 3.90. The van der Waals surface area contributed by atoms with Crippen molar-refractivity contribution < 1.29 is 0 Å². The highest BCUT2D eigenvalue weighted by molar-refractivity contribution is 8.00. The maximum absolute atomic E-state index is 3.23. The molecule has 1 fully saturated rings. The summed E-state index contributed by atoms with van der Waals surface area (Å²) in [7, 11) is 0. The Bertz CT molecular complexity index is 40.8. The Morgan fingerprint density at radius 2 is 2.67 bits per heavy atom. The van der Waals surface area contributed by atoms with Crippen LogP contribution in [0.15, 0.2) is 0 Å². The van der Waals surface area contributed by atoms with Crippen LogP contribution >= 0.6 is 11.8 Å². The number of hydrogen-bond donors (Lipinski definition) is 1. The number of rotatable bonds is 0. The van der Waals surface area contributed by atoms with Crippen LogP contribution in [0.1, 0.15) is 6.92 Å². The average Bonchev–Trinajstić information content (AvgIpc) is 1.86. The molecule has 0 aromatic carbocycles. The second-order valence-electron chi connectivity index (χ2n) is 1.58. The molecule has 6 heavy (non-hydrogen) atoms. The topological polar surface area (TPSA) is 12.0 Å². The first-order valence-electron chi connectivity index (χ1n) is 2.22. The highest BCUT2D eigenvalue weighted by atomic mass is 32.2. The standard InChI is InChI=1S/C4H9NS/c1-4-2-5-3-6-4/h4-5H,2-3H2,1H3/t4-/m0/s1. The summed E-state index contributed by atoms with van der Waals surface area (Å²) in [5.41, 5.74) is 0. The summed E-state index contributed by atoms with van der Waals surface area (Å²) in [6.45, 7) is 3.44. The van der Waals surface area contributed by atoms with E-state index < -0.39 is 0 Å². The Labute approximate surface area is 42.5 Å². The van der Waals surface area contributed by atoms with Gasteiger partial charge in [0.2, 0.25) is 0 Å². The highest BCUT2D eigenvalue weighted by Crippen LogP contribution is 2.11. The molecule has 36 valence electrons. The minimum absolute atomic E-state index is 0.852. The average molecular weight is 103 g/mol. The zero-order valence-corrected chi connectivity index (χ0v) is 4.72. The van der Waals surface area contributed by atoms with Crippen LogP contribution in [0, 0.1) is 0 Å². The Morgan fingerprint density at radius 1 is 1.83 bits per heavy atom. The molecule has 0 aliphatic carbocycles. The molecule has 1 aliphatic heterocycles. The van der Waals surface area contributed by atoms with Crippen molar-refractivity contribution in [2.75, 3.05) is 12.4 Å². The fraction of sp³-hybridized carbons (Fsp3) is 1.00. The fourth-order valence-electron chi connectivity index (χ4n) is 0.522. The van der Waals surface area contributed by atoms with Crippen molar-refractivity contribution in [2.45, 2.75) is 12.2 Å². The zero-order chi connectivity index (χ0) is 4.41. The summed E-state index contributed by atoms with van der Waals surface area (Å²) in [4.78, 5) is 0. The predicted molar refractivity (Wildman–Crippen MR) is 29.9 cm³/mol. The van der Waals surface area contributed by atoms with E-state index in [0.717, 1.165) is 11.1 Å². The summed E-state index contributed by atoms with van der Waals surface area (Å²) in [5, 5.41) is 4.09. The van der Waals surface area contributed by atoms with Crippen LogP contribution in [0.4, 0.5) is 0 Å². The Morgan fingerprint density at radius 3 is 2.83 bits per heavy atom. The quantitative estimate of drug-likeness (QED) is 0.483. The van der Waals surface area contributed by atoms with Gasteiger partial charge in [0, 0.05) is 17.7 Å². The lowest BCUT2D eigenvalue weighted by molar-refractivity contribution is 0.813. The van der Waals surface area contributed by atoms with Gasteiger partial charge in [0.05, 0.1) is 0 Å². The first kappa shape index (κ1) is 4.47. The van der Waals surface area contributed by atoms with Gasteiger partial charge in [-0.05, 0) is 0 Å². The maximum Gasteiger partial charge on any atom is 0.0421 e. The second kappa shape index (κ2) is 1.85. The van der Waals surface area contributed by atoms with Gasteiger partial charge in [0.25, 0.3) is 0 Å². The van der Waals surface area contributed by atoms with Crippen LogP contribution in [0.5, 0.6) is 0 Å². The van der Waals surface area contributed by atoms with Gasteiger partial charge in [0.1, 0.15) is 0 Å². The van der Waals surface area contributed by atoms with Gasteiger partial charge in [-0.15, -0.1) is 11.8 Å². The van der Waals surface area contributed by atoms with E-state index in [9.17, 15) is 0 Å². The molecule has 0 aromatic rings. The predicted octanol–water partition coefficient (Wildman–Crippen LogP) is 0.669. The van der Waals surface area contributed by atoms with Gasteiger partial charge < -0.3 is 5.32 Å². The molecule has 0 aromatic heterocycles. The summed E-state index contributed by atoms with van der Waals surface area (Å²) in [6, 6.07) is 0. The van der Waals surface area contributed by atoms with Crippen LogP contribution in [0.25, 0.3) is 0 Å². The molecule has 1 aliphatic rings. The van der Waals surface area contributed by atoms with Crippen LogP contribution in [-0.4, -0.2) is 17.7 Å². The lowest BCUT2D eigenvalue weighted by atomic mass is 10.5. The molecule has 0 spiro atoms. The van der Waals surface area contributed by atoms with Gasteiger partial charge in [-0.3, -0.25) is 0 Å². The summed E-state index contributed by atoms with van der Waals surface area (Å²) < 4.78 is 0. The maximum atomic E-state index is 3.23. The second-order valence-corrected chi connectivity index (χ2v) is 3.00. The van der Waals surface area contributed by atoms with E-state index in [-0.39, 0.29) is 0 Å². The molecular weight excluding hydrogens is 94.1 g/mol.